The summed E-state index contributed by atoms with van der Waals surface area (Å²) in [4.78, 5) is 0. The van der Waals surface area contributed by atoms with Gasteiger partial charge in [0.2, 0.25) is 0 Å². The van der Waals surface area contributed by atoms with Crippen molar-refractivity contribution in [1.82, 2.24) is 14.8 Å². The number of aromatic nitrogens is 3. The smallest absolute Gasteiger partial charge is 0.135 e. The molecule has 1 heterocycles. The van der Waals surface area contributed by atoms with E-state index in [4.69, 9.17) is 16.7 Å². The zero-order valence-corrected chi connectivity index (χ0v) is 6.99. The molecular weight excluding hydrogens is 166 g/mol. The molecule has 0 radical (unpaired) electrons. The fraction of sp³-hybridized carbons (Fsp3) is 0.667. The maximum absolute atomic E-state index is 9.14. The van der Waals surface area contributed by atoms with E-state index in [0.29, 0.717) is 6.42 Å². The highest BCUT2D eigenvalue weighted by Crippen LogP contribution is 1.99. The van der Waals surface area contributed by atoms with Crippen molar-refractivity contribution in [3.8, 4) is 0 Å². The lowest BCUT2D eigenvalue weighted by Gasteiger charge is -2.04. The van der Waals surface area contributed by atoms with Crippen molar-refractivity contribution in [3.05, 3.63) is 12.2 Å². The molecule has 0 saturated carbocycles. The third kappa shape index (κ3) is 2.17. The average Bonchev–Trinajstić information content (AvgIpc) is 2.37. The van der Waals surface area contributed by atoms with E-state index in [-0.39, 0.29) is 5.88 Å². The highest BCUT2D eigenvalue weighted by molar-refractivity contribution is 6.18. The van der Waals surface area contributed by atoms with Crippen molar-refractivity contribution in [2.75, 3.05) is 5.88 Å². The summed E-state index contributed by atoms with van der Waals surface area (Å²) >= 11 is 5.41. The van der Waals surface area contributed by atoms with Crippen LogP contribution in [-0.4, -0.2) is 31.9 Å². The maximum Gasteiger partial charge on any atom is 0.135 e. The Morgan fingerprint density at radius 1 is 1.82 bits per heavy atom. The summed E-state index contributed by atoms with van der Waals surface area (Å²) in [5.41, 5.74) is 0. The molecule has 1 N–H and O–H groups in total. The second-order valence-corrected chi connectivity index (χ2v) is 2.68. The molecule has 0 fully saturated rings. The van der Waals surface area contributed by atoms with E-state index in [1.165, 1.54) is 0 Å². The molecule has 0 aliphatic carbocycles. The molecule has 0 bridgehead atoms. The van der Waals surface area contributed by atoms with Crippen molar-refractivity contribution < 1.29 is 5.11 Å². The predicted molar refractivity (Wildman–Crippen MR) is 41.4 cm³/mol. The van der Waals surface area contributed by atoms with Crippen LogP contribution in [0.3, 0.4) is 0 Å². The number of hydrogen-bond donors (Lipinski definition) is 1. The van der Waals surface area contributed by atoms with Crippen molar-refractivity contribution in [3.63, 3.8) is 0 Å². The largest absolute Gasteiger partial charge is 0.391 e. The molecule has 0 amide bonds. The number of rotatable bonds is 3. The molecule has 11 heavy (non-hydrogen) atoms. The van der Waals surface area contributed by atoms with Gasteiger partial charge in [-0.05, 0) is 0 Å². The maximum atomic E-state index is 9.14. The third-order valence-electron chi connectivity index (χ3n) is 1.40. The number of nitrogens with zero attached hydrogens (tertiary/aromatic N) is 3. The molecule has 0 aromatic carbocycles. The van der Waals surface area contributed by atoms with Crippen molar-refractivity contribution in [1.29, 1.82) is 0 Å². The number of aliphatic hydroxyl groups is 1. The zero-order valence-electron chi connectivity index (χ0n) is 6.24. The molecule has 1 unspecified atom stereocenters. The Morgan fingerprint density at radius 2 is 2.55 bits per heavy atom. The first kappa shape index (κ1) is 8.49. The topological polar surface area (TPSA) is 50.9 Å². The Balaban J connectivity index is 2.56. The van der Waals surface area contributed by atoms with E-state index in [1.54, 1.807) is 10.9 Å². The Hall–Kier alpha value is -0.610. The summed E-state index contributed by atoms with van der Waals surface area (Å²) in [6, 6.07) is 0. The van der Waals surface area contributed by atoms with E-state index < -0.39 is 6.10 Å². The van der Waals surface area contributed by atoms with Crippen LogP contribution in [0.4, 0.5) is 0 Å². The quantitative estimate of drug-likeness (QED) is 0.656. The van der Waals surface area contributed by atoms with Gasteiger partial charge in [-0.2, -0.15) is 0 Å². The molecule has 62 valence electrons. The van der Waals surface area contributed by atoms with Gasteiger partial charge in [0.1, 0.15) is 12.2 Å². The predicted octanol–water partition coefficient (Wildman–Crippen LogP) is -0.0427. The standard InChI is InChI=1S/C6H10ClN3O/c1-10-4-8-9-6(10)2-5(11)3-7/h4-5,11H,2-3H2,1H3. The van der Waals surface area contributed by atoms with Crippen LogP contribution < -0.4 is 0 Å². The van der Waals surface area contributed by atoms with E-state index in [1.807, 2.05) is 7.05 Å². The van der Waals surface area contributed by atoms with Gasteiger partial charge in [0.05, 0.1) is 6.10 Å². The minimum absolute atomic E-state index is 0.229. The number of aryl methyl sites for hydroxylation is 1. The lowest BCUT2D eigenvalue weighted by molar-refractivity contribution is 0.195. The first-order chi connectivity index (χ1) is 5.24. The minimum Gasteiger partial charge on any atom is -0.391 e. The molecule has 0 saturated heterocycles. The van der Waals surface area contributed by atoms with Gasteiger partial charge in [0, 0.05) is 19.3 Å². The van der Waals surface area contributed by atoms with Gasteiger partial charge in [-0.3, -0.25) is 0 Å². The first-order valence-corrected chi connectivity index (χ1v) is 3.84. The monoisotopic (exact) mass is 175 g/mol. The Labute approximate surface area is 69.8 Å². The van der Waals surface area contributed by atoms with E-state index in [0.717, 1.165) is 5.82 Å². The molecule has 0 aliphatic heterocycles. The summed E-state index contributed by atoms with van der Waals surface area (Å²) in [6.07, 6.45) is 1.52. The molecule has 0 aliphatic rings. The van der Waals surface area contributed by atoms with Gasteiger partial charge < -0.3 is 9.67 Å². The van der Waals surface area contributed by atoms with Crippen LogP contribution in [0, 0.1) is 0 Å². The van der Waals surface area contributed by atoms with Crippen molar-refractivity contribution in [2.45, 2.75) is 12.5 Å². The number of halogens is 1. The van der Waals surface area contributed by atoms with Crippen LogP contribution in [0.1, 0.15) is 5.82 Å². The zero-order chi connectivity index (χ0) is 8.27. The highest BCUT2D eigenvalue weighted by Gasteiger charge is 2.07. The molecule has 0 spiro atoms. The number of hydrogen-bond acceptors (Lipinski definition) is 3. The molecule has 1 aromatic rings. The summed E-state index contributed by atoms with van der Waals surface area (Å²) in [5, 5.41) is 16.6. The third-order valence-corrected chi connectivity index (χ3v) is 1.76. The minimum atomic E-state index is -0.528. The van der Waals surface area contributed by atoms with Crippen LogP contribution in [0.25, 0.3) is 0 Å². The highest BCUT2D eigenvalue weighted by atomic mass is 35.5. The second kappa shape index (κ2) is 3.69. The van der Waals surface area contributed by atoms with Crippen LogP contribution >= 0.6 is 11.6 Å². The van der Waals surface area contributed by atoms with E-state index in [9.17, 15) is 0 Å². The summed E-state index contributed by atoms with van der Waals surface area (Å²) in [5.74, 6) is 0.977. The van der Waals surface area contributed by atoms with E-state index >= 15 is 0 Å². The summed E-state index contributed by atoms with van der Waals surface area (Å²) < 4.78 is 1.76. The average molecular weight is 176 g/mol. The lowest BCUT2D eigenvalue weighted by atomic mass is 10.3. The molecule has 1 atom stereocenters. The number of aliphatic hydroxyl groups excluding tert-OH is 1. The van der Waals surface area contributed by atoms with Gasteiger partial charge in [0.15, 0.2) is 0 Å². The Morgan fingerprint density at radius 3 is 3.00 bits per heavy atom. The van der Waals surface area contributed by atoms with Crippen LogP contribution in [0.5, 0.6) is 0 Å². The van der Waals surface area contributed by atoms with Gasteiger partial charge in [-0.1, -0.05) is 0 Å². The normalized spacial score (nSPS) is 13.4. The second-order valence-electron chi connectivity index (χ2n) is 2.37. The summed E-state index contributed by atoms with van der Waals surface area (Å²) in [6.45, 7) is 0. The lowest BCUT2D eigenvalue weighted by Crippen LogP contribution is -2.14. The molecular formula is C6H10ClN3O. The van der Waals surface area contributed by atoms with Crippen LogP contribution in [0.2, 0.25) is 0 Å². The Kier molecular flexibility index (Phi) is 2.84. The van der Waals surface area contributed by atoms with Gasteiger partial charge >= 0.3 is 0 Å². The SMILES string of the molecule is Cn1cnnc1CC(O)CCl. The van der Waals surface area contributed by atoms with Gasteiger partial charge in [0.25, 0.3) is 0 Å². The molecule has 5 heteroatoms. The van der Waals surface area contributed by atoms with Gasteiger partial charge in [-0.25, -0.2) is 0 Å². The van der Waals surface area contributed by atoms with Crippen molar-refractivity contribution >= 4 is 11.6 Å². The Bertz CT molecular complexity index is 225. The fourth-order valence-corrected chi connectivity index (χ4v) is 0.866. The molecule has 1 rings (SSSR count). The first-order valence-electron chi connectivity index (χ1n) is 3.31. The van der Waals surface area contributed by atoms with Crippen LogP contribution in [0.15, 0.2) is 6.33 Å². The van der Waals surface area contributed by atoms with Gasteiger partial charge in [-0.15, -0.1) is 21.8 Å². The summed E-state index contributed by atoms with van der Waals surface area (Å²) in [7, 11) is 1.83. The number of alkyl halides is 1. The molecule has 4 nitrogen and oxygen atoms in total. The van der Waals surface area contributed by atoms with Crippen LogP contribution in [-0.2, 0) is 13.5 Å². The van der Waals surface area contributed by atoms with Crippen molar-refractivity contribution in [2.24, 2.45) is 7.05 Å². The molecule has 1 aromatic heterocycles. The fourth-order valence-electron chi connectivity index (χ4n) is 0.757. The van der Waals surface area contributed by atoms with E-state index in [2.05, 4.69) is 10.2 Å².